The van der Waals surface area contributed by atoms with E-state index in [1.165, 1.54) is 44.9 Å². The number of hydrogen-bond acceptors (Lipinski definition) is 12. The zero-order valence-electron chi connectivity index (χ0n) is 31.0. The molecule has 0 aromatic rings. The van der Waals surface area contributed by atoms with Crippen molar-refractivity contribution in [2.24, 2.45) is 46.3 Å². The van der Waals surface area contributed by atoms with Crippen LogP contribution < -0.4 is 0 Å². The lowest BCUT2D eigenvalue weighted by molar-refractivity contribution is -0.425. The van der Waals surface area contributed by atoms with E-state index in [4.69, 9.17) is 23.8 Å². The highest BCUT2D eigenvalue weighted by Gasteiger charge is 2.70. The first kappa shape index (κ1) is 37.2. The van der Waals surface area contributed by atoms with Crippen molar-refractivity contribution in [2.75, 3.05) is 13.2 Å². The standard InChI is InChI=1S/C39H63NO11/c1-19-11-15-39(20(2)28-26(50-39)16-25-23-10-9-22-8-6-7-13-37(22,4)24(23)12-14-38(25,28)5)40(17-19)51-36-33(46)34(29(42)21(3)47-36)49-35-32(45)31(44)30(43)27(18-41)48-35/h9,19-21,23-36,41-46H,6-8,10-18H2,1-5H3/t19-,20+,21+,23-,24+,25+,26+,27-,28+,29+,30-,31+,32-,33-,34-,35+,36-,37+,38+,39-/m1/s1. The van der Waals surface area contributed by atoms with E-state index in [2.05, 4.69) is 33.8 Å². The van der Waals surface area contributed by atoms with Gasteiger partial charge in [0.2, 0.25) is 6.29 Å². The first-order valence-corrected chi connectivity index (χ1v) is 20.0. The maximum Gasteiger partial charge on any atom is 0.206 e. The van der Waals surface area contributed by atoms with Crippen molar-refractivity contribution < 1.29 is 54.4 Å². The largest absolute Gasteiger partial charge is 0.394 e. The van der Waals surface area contributed by atoms with E-state index in [-0.39, 0.29) is 17.4 Å². The minimum Gasteiger partial charge on any atom is -0.394 e. The molecule has 20 atom stereocenters. The van der Waals surface area contributed by atoms with Gasteiger partial charge < -0.3 is 49.6 Å². The van der Waals surface area contributed by atoms with Crippen molar-refractivity contribution in [1.29, 1.82) is 0 Å². The molecule has 4 saturated heterocycles. The van der Waals surface area contributed by atoms with E-state index in [9.17, 15) is 30.6 Å². The second-order valence-electron chi connectivity index (χ2n) is 18.4. The number of rotatable bonds is 5. The summed E-state index contributed by atoms with van der Waals surface area (Å²) in [7, 11) is 0. The molecule has 0 radical (unpaired) electrons. The molecule has 0 unspecified atom stereocenters. The number of ether oxygens (including phenoxy) is 4. The van der Waals surface area contributed by atoms with Crippen LogP contribution in [-0.2, 0) is 23.8 Å². The van der Waals surface area contributed by atoms with Gasteiger partial charge in [0.15, 0.2) is 6.29 Å². The van der Waals surface area contributed by atoms with E-state index in [0.717, 1.165) is 25.2 Å². The predicted molar refractivity (Wildman–Crippen MR) is 183 cm³/mol. The number of aliphatic hydroxyl groups excluding tert-OH is 6. The number of hydrogen-bond donors (Lipinski definition) is 6. The molecule has 3 saturated carbocycles. The molecule has 290 valence electrons. The Morgan fingerprint density at radius 3 is 2.41 bits per heavy atom. The molecule has 8 aliphatic rings. The van der Waals surface area contributed by atoms with Gasteiger partial charge in [0.05, 0.1) is 18.8 Å². The van der Waals surface area contributed by atoms with E-state index in [1.54, 1.807) is 12.5 Å². The van der Waals surface area contributed by atoms with E-state index in [0.29, 0.717) is 35.6 Å². The number of nitrogens with zero attached hydrogens (tertiary/aromatic N) is 1. The summed E-state index contributed by atoms with van der Waals surface area (Å²) in [4.78, 5) is 6.67. The molecule has 8 rings (SSSR count). The van der Waals surface area contributed by atoms with Crippen LogP contribution in [0.2, 0.25) is 0 Å². The van der Waals surface area contributed by atoms with Crippen LogP contribution in [0.15, 0.2) is 11.6 Å². The minimum absolute atomic E-state index is 0.123. The van der Waals surface area contributed by atoms with Crippen LogP contribution in [-0.4, -0.2) is 122 Å². The summed E-state index contributed by atoms with van der Waals surface area (Å²) >= 11 is 0. The fourth-order valence-electron chi connectivity index (χ4n) is 12.9. The lowest BCUT2D eigenvalue weighted by atomic mass is 9.47. The molecule has 1 spiro atoms. The SMILES string of the molecule is C[C@@H]1CC[C@]2(O[C@H]3C[C@H]4[C@@H]5CC=C6CCCC[C@]6(C)[C@H]5CC[C@]4(C)[C@H]3[C@@H]2C)N(O[C@H]2O[C@@H](C)[C@H](O)[C@@H](O[C@@H]3O[C@H](CO)[C@@H](O)[C@H](O)[C@H]3O)[C@H]2O)C1. The van der Waals surface area contributed by atoms with Crippen molar-refractivity contribution in [2.45, 2.75) is 172 Å². The molecule has 4 heterocycles. The monoisotopic (exact) mass is 721 g/mol. The summed E-state index contributed by atoms with van der Waals surface area (Å²) < 4.78 is 24.9. The normalized spacial score (nSPS) is 57.3. The lowest BCUT2D eigenvalue weighted by Crippen LogP contribution is -2.66. The molecule has 12 nitrogen and oxygen atoms in total. The fourth-order valence-corrected chi connectivity index (χ4v) is 12.9. The fraction of sp³-hybridized carbons (Fsp3) is 0.949. The van der Waals surface area contributed by atoms with Crippen molar-refractivity contribution in [3.8, 4) is 0 Å². The molecule has 0 aromatic carbocycles. The summed E-state index contributed by atoms with van der Waals surface area (Å²) in [5.41, 5.74) is 1.56. The van der Waals surface area contributed by atoms with Gasteiger partial charge in [-0.1, -0.05) is 45.8 Å². The van der Waals surface area contributed by atoms with Crippen LogP contribution in [0.3, 0.4) is 0 Å². The maximum absolute atomic E-state index is 11.6. The van der Waals surface area contributed by atoms with Gasteiger partial charge in [-0.15, -0.1) is 0 Å². The van der Waals surface area contributed by atoms with E-state index < -0.39 is 73.7 Å². The number of hydroxylamine groups is 2. The number of fused-ring (bicyclic) bond motifs is 7. The average molecular weight is 722 g/mol. The zero-order chi connectivity index (χ0) is 36.2. The number of aliphatic hydroxyl groups is 6. The number of allylic oxidation sites excluding steroid dienone is 2. The molecule has 4 aliphatic heterocycles. The van der Waals surface area contributed by atoms with Crippen LogP contribution >= 0.6 is 0 Å². The predicted octanol–water partition coefficient (Wildman–Crippen LogP) is 2.61. The Morgan fingerprint density at radius 2 is 1.65 bits per heavy atom. The second-order valence-corrected chi connectivity index (χ2v) is 18.4. The summed E-state index contributed by atoms with van der Waals surface area (Å²) in [5, 5.41) is 65.5. The molecule has 12 heteroatoms. The topological polar surface area (TPSA) is 171 Å². The summed E-state index contributed by atoms with van der Waals surface area (Å²) in [6, 6.07) is 0. The van der Waals surface area contributed by atoms with Crippen molar-refractivity contribution in [3.05, 3.63) is 11.6 Å². The van der Waals surface area contributed by atoms with Gasteiger partial charge in [-0.3, -0.25) is 4.84 Å². The molecule has 4 aliphatic carbocycles. The highest BCUT2D eigenvalue weighted by molar-refractivity contribution is 5.25. The highest BCUT2D eigenvalue weighted by atomic mass is 16.8. The Hall–Kier alpha value is -0.740. The third kappa shape index (κ3) is 5.67. The number of piperidine rings is 1. The first-order chi connectivity index (χ1) is 24.2. The summed E-state index contributed by atoms with van der Waals surface area (Å²) in [5.74, 6) is 2.96. The van der Waals surface area contributed by atoms with E-state index in [1.807, 2.05) is 5.06 Å². The third-order valence-electron chi connectivity index (χ3n) is 15.8. The molecule has 7 fully saturated rings. The van der Waals surface area contributed by atoms with Crippen molar-refractivity contribution in [1.82, 2.24) is 5.06 Å². The Morgan fingerprint density at radius 1 is 0.863 bits per heavy atom. The maximum atomic E-state index is 11.6. The van der Waals surface area contributed by atoms with Gasteiger partial charge in [0.25, 0.3) is 0 Å². The Labute approximate surface area is 302 Å². The average Bonchev–Trinajstić information content (AvgIpc) is 3.56. The van der Waals surface area contributed by atoms with Crippen molar-refractivity contribution >= 4 is 0 Å². The van der Waals surface area contributed by atoms with Gasteiger partial charge in [-0.05, 0) is 105 Å². The van der Waals surface area contributed by atoms with Crippen LogP contribution in [0.25, 0.3) is 0 Å². The van der Waals surface area contributed by atoms with Crippen LogP contribution in [0.1, 0.15) is 98.8 Å². The molecular weight excluding hydrogens is 658 g/mol. The summed E-state index contributed by atoms with van der Waals surface area (Å²) in [6.07, 6.45) is 0.778. The molecule has 51 heavy (non-hydrogen) atoms. The van der Waals surface area contributed by atoms with Gasteiger partial charge in [-0.25, -0.2) is 0 Å². The molecule has 0 amide bonds. The Bertz CT molecular complexity index is 1320. The van der Waals surface area contributed by atoms with Gasteiger partial charge in [0.1, 0.15) is 48.5 Å². The first-order valence-electron chi connectivity index (χ1n) is 20.0. The Balaban J connectivity index is 1.01. The van der Waals surface area contributed by atoms with Crippen LogP contribution in [0.4, 0.5) is 0 Å². The Kier molecular flexibility index (Phi) is 9.83. The quantitative estimate of drug-likeness (QED) is 0.230. The van der Waals surface area contributed by atoms with E-state index >= 15 is 0 Å². The van der Waals surface area contributed by atoms with Gasteiger partial charge >= 0.3 is 0 Å². The highest BCUT2D eigenvalue weighted by Crippen LogP contribution is 2.71. The second kappa shape index (κ2) is 13.5. The van der Waals surface area contributed by atoms with Crippen molar-refractivity contribution in [3.63, 3.8) is 0 Å². The zero-order valence-corrected chi connectivity index (χ0v) is 31.0. The molecule has 0 aromatic heterocycles. The van der Waals surface area contributed by atoms with Crippen LogP contribution in [0.5, 0.6) is 0 Å². The smallest absolute Gasteiger partial charge is 0.206 e. The van der Waals surface area contributed by atoms with Gasteiger partial charge in [-0.2, -0.15) is 5.06 Å². The molecule has 0 bridgehead atoms. The van der Waals surface area contributed by atoms with Crippen LogP contribution in [0, 0.1) is 46.3 Å². The minimum atomic E-state index is -1.68. The van der Waals surface area contributed by atoms with Gasteiger partial charge in [0, 0.05) is 12.5 Å². The lowest BCUT2D eigenvalue weighted by Gasteiger charge is -2.58. The molecule has 6 N–H and O–H groups in total. The summed E-state index contributed by atoms with van der Waals surface area (Å²) in [6.45, 7) is 11.3. The third-order valence-corrected chi connectivity index (χ3v) is 15.8. The molecular formula is C39H63NO11.